The average Bonchev–Trinajstić information content (AvgIpc) is 2.64. The molecule has 1 rings (SSSR count). The largest absolute Gasteiger partial charge is 0.394 e. The Balaban J connectivity index is 2.64. The number of carbonyl (C=O) groups excluding carboxylic acids is 1. The lowest BCUT2D eigenvalue weighted by Gasteiger charge is -2.23. The molecule has 0 atom stereocenters. The maximum atomic E-state index is 11.8. The quantitative estimate of drug-likeness (QED) is 0.878. The van der Waals surface area contributed by atoms with Crippen molar-refractivity contribution in [3.05, 3.63) is 16.1 Å². The summed E-state index contributed by atoms with van der Waals surface area (Å²) < 4.78 is 0. The van der Waals surface area contributed by atoms with E-state index in [1.807, 2.05) is 5.38 Å². The molecule has 0 aliphatic rings. The van der Waals surface area contributed by atoms with Crippen LogP contribution in [0.5, 0.6) is 0 Å². The zero-order chi connectivity index (χ0) is 14.0. The second-order valence-corrected chi connectivity index (χ2v) is 7.02. The van der Waals surface area contributed by atoms with Gasteiger partial charge in [-0.1, -0.05) is 20.8 Å². The van der Waals surface area contributed by atoms with E-state index in [1.165, 1.54) is 0 Å². The zero-order valence-corrected chi connectivity index (χ0v) is 12.5. The van der Waals surface area contributed by atoms with Crippen LogP contribution in [0.3, 0.4) is 0 Å². The van der Waals surface area contributed by atoms with Crippen molar-refractivity contribution in [2.75, 3.05) is 6.61 Å². The molecule has 0 aromatic carbocycles. The molecule has 1 amide bonds. The van der Waals surface area contributed by atoms with Crippen molar-refractivity contribution >= 4 is 17.2 Å². The Hall–Kier alpha value is -0.940. The van der Waals surface area contributed by atoms with Crippen LogP contribution in [0, 0.1) is 0 Å². The molecular weight excluding hydrogens is 248 g/mol. The van der Waals surface area contributed by atoms with Crippen molar-refractivity contribution in [3.63, 3.8) is 0 Å². The smallest absolute Gasteiger partial charge is 0.226 e. The number of amides is 1. The predicted octanol–water partition coefficient (Wildman–Crippen LogP) is 1.87. The van der Waals surface area contributed by atoms with Gasteiger partial charge in [-0.15, -0.1) is 11.3 Å². The molecule has 1 heterocycles. The number of nitrogens with one attached hydrogen (secondary N) is 1. The van der Waals surface area contributed by atoms with Crippen molar-refractivity contribution in [3.8, 4) is 0 Å². The summed E-state index contributed by atoms with van der Waals surface area (Å²) in [5.41, 5.74) is 0.222. The number of aliphatic hydroxyl groups is 1. The maximum Gasteiger partial charge on any atom is 0.226 e. The lowest BCUT2D eigenvalue weighted by atomic mass is 9.98. The Morgan fingerprint density at radius 2 is 2.00 bits per heavy atom. The normalized spacial score (nSPS) is 12.6. The fraction of sp³-hybridized carbons (Fsp3) is 0.692. The Labute approximate surface area is 112 Å². The molecule has 4 nitrogen and oxygen atoms in total. The monoisotopic (exact) mass is 270 g/mol. The molecule has 0 saturated carbocycles. The van der Waals surface area contributed by atoms with Crippen LogP contribution in [0.2, 0.25) is 0 Å². The van der Waals surface area contributed by atoms with Gasteiger partial charge in [-0.2, -0.15) is 0 Å². The van der Waals surface area contributed by atoms with Crippen molar-refractivity contribution < 1.29 is 9.90 Å². The molecule has 0 radical (unpaired) electrons. The third kappa shape index (κ3) is 4.38. The summed E-state index contributed by atoms with van der Waals surface area (Å²) in [5.74, 6) is -0.111. The van der Waals surface area contributed by atoms with Gasteiger partial charge in [-0.25, -0.2) is 4.98 Å². The molecule has 0 fully saturated rings. The van der Waals surface area contributed by atoms with Gasteiger partial charge in [-0.05, 0) is 13.8 Å². The van der Waals surface area contributed by atoms with E-state index in [0.717, 1.165) is 10.7 Å². The van der Waals surface area contributed by atoms with Crippen LogP contribution in [-0.4, -0.2) is 28.1 Å². The van der Waals surface area contributed by atoms with Gasteiger partial charge in [-0.3, -0.25) is 4.79 Å². The Bertz CT molecular complexity index is 419. The molecular formula is C13H22N2O2S. The third-order valence-corrected chi connectivity index (χ3v) is 3.72. The summed E-state index contributed by atoms with van der Waals surface area (Å²) in [6.45, 7) is 9.79. The second kappa shape index (κ2) is 5.36. The Kier molecular flexibility index (Phi) is 4.50. The Morgan fingerprint density at radius 3 is 2.44 bits per heavy atom. The molecule has 5 heteroatoms. The summed E-state index contributed by atoms with van der Waals surface area (Å²) in [5, 5.41) is 14.8. The van der Waals surface area contributed by atoms with Gasteiger partial charge in [0.1, 0.15) is 0 Å². The van der Waals surface area contributed by atoms with E-state index < -0.39 is 5.54 Å². The molecule has 1 aromatic heterocycles. The van der Waals surface area contributed by atoms with Crippen LogP contribution < -0.4 is 5.32 Å². The van der Waals surface area contributed by atoms with E-state index in [1.54, 1.807) is 25.2 Å². The third-order valence-electron chi connectivity index (χ3n) is 2.41. The van der Waals surface area contributed by atoms with Crippen LogP contribution in [0.4, 0.5) is 0 Å². The first-order chi connectivity index (χ1) is 8.14. The van der Waals surface area contributed by atoms with Gasteiger partial charge >= 0.3 is 0 Å². The van der Waals surface area contributed by atoms with E-state index in [4.69, 9.17) is 5.11 Å². The molecule has 0 aliphatic heterocycles. The molecule has 102 valence electrons. The number of thiazole rings is 1. The summed E-state index contributed by atoms with van der Waals surface area (Å²) in [4.78, 5) is 16.3. The zero-order valence-electron chi connectivity index (χ0n) is 11.7. The molecule has 0 saturated heterocycles. The number of hydrogen-bond donors (Lipinski definition) is 2. The van der Waals surface area contributed by atoms with Gasteiger partial charge < -0.3 is 10.4 Å². The molecule has 18 heavy (non-hydrogen) atoms. The van der Waals surface area contributed by atoms with E-state index in [2.05, 4.69) is 31.1 Å². The molecule has 1 aromatic rings. The summed E-state index contributed by atoms with van der Waals surface area (Å²) in [7, 11) is 0. The lowest BCUT2D eigenvalue weighted by Crippen LogP contribution is -2.46. The standard InChI is InChI=1S/C13H22N2O2S/c1-12(2,3)11-14-9(7-18-11)6-10(17)15-13(4,5)8-16/h7,16H,6,8H2,1-5H3,(H,15,17). The van der Waals surface area contributed by atoms with Gasteiger partial charge in [0.25, 0.3) is 0 Å². The number of rotatable bonds is 4. The second-order valence-electron chi connectivity index (χ2n) is 6.16. The average molecular weight is 270 g/mol. The van der Waals surface area contributed by atoms with E-state index in [0.29, 0.717) is 0 Å². The van der Waals surface area contributed by atoms with Gasteiger partial charge in [0.05, 0.1) is 29.3 Å². The topological polar surface area (TPSA) is 62.2 Å². The van der Waals surface area contributed by atoms with E-state index >= 15 is 0 Å². The number of aliphatic hydroxyl groups excluding tert-OH is 1. The number of nitrogens with zero attached hydrogens (tertiary/aromatic N) is 1. The van der Waals surface area contributed by atoms with E-state index in [-0.39, 0.29) is 24.3 Å². The highest BCUT2D eigenvalue weighted by atomic mass is 32.1. The van der Waals surface area contributed by atoms with Crippen LogP contribution in [0.1, 0.15) is 45.3 Å². The van der Waals surface area contributed by atoms with Crippen molar-refractivity contribution in [2.24, 2.45) is 0 Å². The minimum absolute atomic E-state index is 0.0176. The molecule has 0 spiro atoms. The van der Waals surface area contributed by atoms with Crippen molar-refractivity contribution in [1.29, 1.82) is 0 Å². The molecule has 0 bridgehead atoms. The van der Waals surface area contributed by atoms with E-state index in [9.17, 15) is 4.79 Å². The first-order valence-electron chi connectivity index (χ1n) is 6.01. The molecule has 0 unspecified atom stereocenters. The Morgan fingerprint density at radius 1 is 1.39 bits per heavy atom. The van der Waals surface area contributed by atoms with Crippen LogP contribution in [0.15, 0.2) is 5.38 Å². The first-order valence-corrected chi connectivity index (χ1v) is 6.89. The van der Waals surface area contributed by atoms with Crippen LogP contribution >= 0.6 is 11.3 Å². The summed E-state index contributed by atoms with van der Waals surface area (Å²) in [6, 6.07) is 0. The van der Waals surface area contributed by atoms with Gasteiger partial charge in [0.15, 0.2) is 0 Å². The summed E-state index contributed by atoms with van der Waals surface area (Å²) >= 11 is 1.58. The van der Waals surface area contributed by atoms with Crippen LogP contribution in [0.25, 0.3) is 0 Å². The number of carbonyl (C=O) groups is 1. The minimum atomic E-state index is -0.583. The van der Waals surface area contributed by atoms with Crippen molar-refractivity contribution in [1.82, 2.24) is 10.3 Å². The highest BCUT2D eigenvalue weighted by Crippen LogP contribution is 2.25. The lowest BCUT2D eigenvalue weighted by molar-refractivity contribution is -0.122. The number of aromatic nitrogens is 1. The fourth-order valence-corrected chi connectivity index (χ4v) is 2.27. The predicted molar refractivity (Wildman–Crippen MR) is 73.8 cm³/mol. The minimum Gasteiger partial charge on any atom is -0.394 e. The first kappa shape index (κ1) is 15.1. The van der Waals surface area contributed by atoms with Gasteiger partial charge in [0, 0.05) is 10.8 Å². The van der Waals surface area contributed by atoms with Crippen LogP contribution in [-0.2, 0) is 16.6 Å². The fourth-order valence-electron chi connectivity index (χ4n) is 1.36. The highest BCUT2D eigenvalue weighted by Gasteiger charge is 2.21. The van der Waals surface area contributed by atoms with Gasteiger partial charge in [0.2, 0.25) is 5.91 Å². The SMILES string of the molecule is CC(C)(CO)NC(=O)Cc1csc(C(C)(C)C)n1. The molecule has 2 N–H and O–H groups in total. The number of hydrogen-bond acceptors (Lipinski definition) is 4. The molecule has 0 aliphatic carbocycles. The summed E-state index contributed by atoms with van der Waals surface area (Å²) in [6.07, 6.45) is 0.260. The highest BCUT2D eigenvalue weighted by molar-refractivity contribution is 7.09. The van der Waals surface area contributed by atoms with Crippen molar-refractivity contribution in [2.45, 2.75) is 52.0 Å². The maximum absolute atomic E-state index is 11.8.